The number of hydrogen-bond donors (Lipinski definition) is 1. The van der Waals surface area contributed by atoms with Crippen LogP contribution in [0.15, 0.2) is 12.2 Å². The lowest BCUT2D eigenvalue weighted by Gasteiger charge is -2.20. The third-order valence-electron chi connectivity index (χ3n) is 2.52. The van der Waals surface area contributed by atoms with Crippen molar-refractivity contribution in [1.29, 1.82) is 0 Å². The molecular formula is C10H17NO3. The Bertz CT molecular complexity index is 240. The van der Waals surface area contributed by atoms with Crippen molar-refractivity contribution in [3.05, 3.63) is 12.2 Å². The van der Waals surface area contributed by atoms with Crippen LogP contribution in [0.25, 0.3) is 0 Å². The summed E-state index contributed by atoms with van der Waals surface area (Å²) in [7, 11) is 1.54. The number of cyclic esters (lactones) is 1. The number of carbonyl (C=O) groups is 1. The minimum Gasteiger partial charge on any atom is -0.441 e. The van der Waals surface area contributed by atoms with Crippen LogP contribution < -0.4 is 0 Å². The average Bonchev–Trinajstić information content (AvgIpc) is 2.42. The molecule has 1 N–H and O–H groups in total. The summed E-state index contributed by atoms with van der Waals surface area (Å²) >= 11 is 0. The number of nitrogens with zero attached hydrogens (tertiary/aromatic N) is 1. The van der Waals surface area contributed by atoms with E-state index in [2.05, 4.69) is 0 Å². The molecule has 0 aliphatic carbocycles. The van der Waals surface area contributed by atoms with Crippen molar-refractivity contribution >= 4 is 6.09 Å². The minimum absolute atomic E-state index is 0.134. The fraction of sp³-hybridized carbons (Fsp3) is 0.700. The van der Waals surface area contributed by atoms with E-state index in [1.807, 2.05) is 26.0 Å². The lowest BCUT2D eigenvalue weighted by molar-refractivity contribution is -0.00286. The highest BCUT2D eigenvalue weighted by Gasteiger charge is 2.40. The summed E-state index contributed by atoms with van der Waals surface area (Å²) < 4.78 is 5.05. The van der Waals surface area contributed by atoms with Crippen LogP contribution in [0.3, 0.4) is 0 Å². The van der Waals surface area contributed by atoms with Crippen LogP contribution in [0, 0.1) is 5.92 Å². The number of aliphatic hydroxyl groups excluding tert-OH is 1. The molecular weight excluding hydrogens is 182 g/mol. The van der Waals surface area contributed by atoms with Crippen molar-refractivity contribution in [1.82, 2.24) is 4.90 Å². The molecule has 0 saturated carbocycles. The predicted octanol–water partition coefficient (Wildman–Crippen LogP) is 1.36. The van der Waals surface area contributed by atoms with Gasteiger partial charge in [0, 0.05) is 13.0 Å². The molecule has 0 aromatic heterocycles. The molecule has 1 aliphatic rings. The number of rotatable bonds is 3. The Hall–Kier alpha value is -1.03. The molecule has 3 atom stereocenters. The van der Waals surface area contributed by atoms with Gasteiger partial charge in [-0.05, 0) is 13.3 Å². The molecule has 1 saturated heterocycles. The maximum Gasteiger partial charge on any atom is 0.412 e. The predicted molar refractivity (Wildman–Crippen MR) is 52.6 cm³/mol. The second-order valence-corrected chi connectivity index (χ2v) is 3.65. The van der Waals surface area contributed by atoms with Crippen molar-refractivity contribution in [2.45, 2.75) is 32.6 Å². The van der Waals surface area contributed by atoms with Crippen LogP contribution in [0.4, 0.5) is 4.79 Å². The Morgan fingerprint density at radius 1 is 1.71 bits per heavy atom. The lowest BCUT2D eigenvalue weighted by atomic mass is 9.99. The van der Waals surface area contributed by atoms with Gasteiger partial charge in [-0.15, -0.1) is 0 Å². The van der Waals surface area contributed by atoms with Gasteiger partial charge in [0.2, 0.25) is 0 Å². The van der Waals surface area contributed by atoms with Gasteiger partial charge in [0.25, 0.3) is 0 Å². The smallest absolute Gasteiger partial charge is 0.412 e. The molecule has 1 heterocycles. The van der Waals surface area contributed by atoms with E-state index in [1.54, 1.807) is 0 Å². The van der Waals surface area contributed by atoms with Gasteiger partial charge < -0.3 is 9.84 Å². The van der Waals surface area contributed by atoms with E-state index in [9.17, 15) is 9.90 Å². The molecule has 14 heavy (non-hydrogen) atoms. The van der Waals surface area contributed by atoms with E-state index >= 15 is 0 Å². The number of aliphatic hydroxyl groups is 1. The van der Waals surface area contributed by atoms with Crippen LogP contribution in [0.2, 0.25) is 0 Å². The Kier molecular flexibility index (Phi) is 3.52. The Labute approximate surface area is 84.2 Å². The number of hydrogen-bond acceptors (Lipinski definition) is 3. The quantitative estimate of drug-likeness (QED) is 0.698. The van der Waals surface area contributed by atoms with Crippen LogP contribution in [-0.2, 0) is 4.74 Å². The molecule has 1 amide bonds. The first-order valence-electron chi connectivity index (χ1n) is 4.80. The summed E-state index contributed by atoms with van der Waals surface area (Å²) in [5.74, 6) is 0.134. The summed E-state index contributed by atoms with van der Waals surface area (Å²) in [6.45, 7) is 3.90. The van der Waals surface area contributed by atoms with Crippen molar-refractivity contribution in [3.8, 4) is 0 Å². The van der Waals surface area contributed by atoms with Crippen LogP contribution >= 0.6 is 0 Å². The van der Waals surface area contributed by atoms with Crippen LogP contribution in [-0.4, -0.2) is 35.5 Å². The zero-order chi connectivity index (χ0) is 10.7. The second kappa shape index (κ2) is 4.46. The van der Waals surface area contributed by atoms with Gasteiger partial charge in [-0.3, -0.25) is 4.90 Å². The zero-order valence-electron chi connectivity index (χ0n) is 8.80. The van der Waals surface area contributed by atoms with E-state index < -0.39 is 18.4 Å². The Morgan fingerprint density at radius 3 is 2.79 bits per heavy atom. The van der Waals surface area contributed by atoms with Crippen LogP contribution in [0.1, 0.15) is 20.3 Å². The molecule has 80 valence electrons. The number of ether oxygens (including phenoxy) is 1. The topological polar surface area (TPSA) is 49.8 Å². The molecule has 4 heteroatoms. The maximum absolute atomic E-state index is 11.1. The fourth-order valence-electron chi connectivity index (χ4n) is 1.48. The first-order valence-corrected chi connectivity index (χ1v) is 4.80. The molecule has 4 nitrogen and oxygen atoms in total. The van der Waals surface area contributed by atoms with Crippen molar-refractivity contribution < 1.29 is 14.6 Å². The van der Waals surface area contributed by atoms with Gasteiger partial charge in [-0.2, -0.15) is 0 Å². The summed E-state index contributed by atoms with van der Waals surface area (Å²) in [5, 5.41) is 9.65. The van der Waals surface area contributed by atoms with Crippen molar-refractivity contribution in [2.75, 3.05) is 7.05 Å². The number of amides is 1. The van der Waals surface area contributed by atoms with Crippen molar-refractivity contribution in [2.24, 2.45) is 5.92 Å². The fourth-order valence-corrected chi connectivity index (χ4v) is 1.48. The van der Waals surface area contributed by atoms with E-state index in [0.717, 1.165) is 6.42 Å². The zero-order valence-corrected chi connectivity index (χ0v) is 8.80. The largest absolute Gasteiger partial charge is 0.441 e. The highest BCUT2D eigenvalue weighted by atomic mass is 16.6. The molecule has 1 aliphatic heterocycles. The molecule has 3 unspecified atom stereocenters. The summed E-state index contributed by atoms with van der Waals surface area (Å²) in [6, 6.07) is 0. The average molecular weight is 199 g/mol. The second-order valence-electron chi connectivity index (χ2n) is 3.65. The number of allylic oxidation sites excluding steroid dienone is 2. The van der Waals surface area contributed by atoms with E-state index in [0.29, 0.717) is 0 Å². The maximum atomic E-state index is 11.1. The third-order valence-corrected chi connectivity index (χ3v) is 2.52. The van der Waals surface area contributed by atoms with Gasteiger partial charge in [0.15, 0.2) is 12.3 Å². The van der Waals surface area contributed by atoms with Gasteiger partial charge in [-0.1, -0.05) is 19.1 Å². The van der Waals surface area contributed by atoms with Gasteiger partial charge in [0.05, 0.1) is 0 Å². The van der Waals surface area contributed by atoms with Crippen LogP contribution in [0.5, 0.6) is 0 Å². The SMILES string of the molecule is C/C=C/CC(C)C1OC(=O)N(C)C1O. The molecule has 0 aromatic carbocycles. The minimum atomic E-state index is -0.817. The Morgan fingerprint density at radius 2 is 2.36 bits per heavy atom. The van der Waals surface area contributed by atoms with Gasteiger partial charge in [-0.25, -0.2) is 4.79 Å². The number of carbonyl (C=O) groups excluding carboxylic acids is 1. The van der Waals surface area contributed by atoms with Gasteiger partial charge >= 0.3 is 6.09 Å². The van der Waals surface area contributed by atoms with Crippen molar-refractivity contribution in [3.63, 3.8) is 0 Å². The highest BCUT2D eigenvalue weighted by molar-refractivity contribution is 5.69. The molecule has 0 bridgehead atoms. The summed E-state index contributed by atoms with van der Waals surface area (Å²) in [5.41, 5.74) is 0. The summed E-state index contributed by atoms with van der Waals surface area (Å²) in [6.07, 6.45) is 3.08. The molecule has 0 aromatic rings. The monoisotopic (exact) mass is 199 g/mol. The molecule has 0 radical (unpaired) electrons. The molecule has 1 rings (SSSR count). The Balaban J connectivity index is 2.57. The molecule has 0 spiro atoms. The number of likely N-dealkylation sites (N-methyl/N-ethyl adjacent to an activating group) is 1. The summed E-state index contributed by atoms with van der Waals surface area (Å²) in [4.78, 5) is 12.3. The normalized spacial score (nSPS) is 29.7. The van der Waals surface area contributed by atoms with Gasteiger partial charge in [0.1, 0.15) is 0 Å². The third kappa shape index (κ3) is 2.07. The van der Waals surface area contributed by atoms with E-state index in [-0.39, 0.29) is 5.92 Å². The van der Waals surface area contributed by atoms with E-state index in [1.165, 1.54) is 11.9 Å². The standard InChI is InChI=1S/C10H17NO3/c1-4-5-6-7(2)8-9(12)11(3)10(13)14-8/h4-5,7-9,12H,6H2,1-3H3/b5-4+. The first-order chi connectivity index (χ1) is 6.57. The highest BCUT2D eigenvalue weighted by Crippen LogP contribution is 2.24. The first kappa shape index (κ1) is 11.0. The van der Waals surface area contributed by atoms with E-state index in [4.69, 9.17) is 4.74 Å². The lowest BCUT2D eigenvalue weighted by Crippen LogP contribution is -2.36. The molecule has 1 fully saturated rings.